The van der Waals surface area contributed by atoms with E-state index in [0.29, 0.717) is 0 Å². The summed E-state index contributed by atoms with van der Waals surface area (Å²) in [5, 5.41) is 7.86. The molecule has 0 aliphatic carbocycles. The summed E-state index contributed by atoms with van der Waals surface area (Å²) in [6.45, 7) is 6.25. The molecule has 0 atom stereocenters. The van der Waals surface area contributed by atoms with E-state index in [2.05, 4.69) is 34.5 Å². The second-order valence-corrected chi connectivity index (χ2v) is 5.66. The summed E-state index contributed by atoms with van der Waals surface area (Å²) >= 11 is 1.81. The Kier molecular flexibility index (Phi) is 12.1. The Bertz CT molecular complexity index is 379. The molecule has 0 aliphatic heterocycles. The van der Waals surface area contributed by atoms with E-state index in [-0.39, 0.29) is 24.0 Å². The Morgan fingerprint density at radius 1 is 1.25 bits per heavy atom. The molecule has 0 amide bonds. The molecule has 20 heavy (non-hydrogen) atoms. The van der Waals surface area contributed by atoms with Gasteiger partial charge >= 0.3 is 0 Å². The van der Waals surface area contributed by atoms with Gasteiger partial charge in [0.15, 0.2) is 5.96 Å². The zero-order valence-electron chi connectivity index (χ0n) is 12.7. The van der Waals surface area contributed by atoms with Crippen molar-refractivity contribution in [2.75, 3.05) is 20.1 Å². The van der Waals surface area contributed by atoms with Crippen molar-refractivity contribution < 1.29 is 0 Å². The van der Waals surface area contributed by atoms with Crippen LogP contribution in [0.15, 0.2) is 11.2 Å². The second kappa shape index (κ2) is 12.4. The average Bonchev–Trinajstić information content (AvgIpc) is 2.89. The van der Waals surface area contributed by atoms with Crippen molar-refractivity contribution in [3.05, 3.63) is 16.1 Å². The first-order chi connectivity index (χ1) is 9.30. The first-order valence-corrected chi connectivity index (χ1v) is 7.99. The number of aliphatic imine (C=N–C) groups is 1. The van der Waals surface area contributed by atoms with E-state index < -0.39 is 0 Å². The molecule has 0 saturated heterocycles. The number of rotatable bonds is 8. The van der Waals surface area contributed by atoms with Crippen LogP contribution in [-0.4, -0.2) is 31.1 Å². The minimum absolute atomic E-state index is 0. The molecule has 4 nitrogen and oxygen atoms in total. The van der Waals surface area contributed by atoms with Crippen LogP contribution in [0.4, 0.5) is 0 Å². The molecule has 0 radical (unpaired) electrons. The molecule has 116 valence electrons. The molecule has 1 aromatic rings. The van der Waals surface area contributed by atoms with Crippen LogP contribution < -0.4 is 10.6 Å². The maximum atomic E-state index is 4.41. The quantitative estimate of drug-likeness (QED) is 0.300. The maximum Gasteiger partial charge on any atom is 0.190 e. The van der Waals surface area contributed by atoms with Crippen LogP contribution in [0.1, 0.15) is 43.0 Å². The zero-order valence-corrected chi connectivity index (χ0v) is 15.9. The Labute approximate surface area is 143 Å². The van der Waals surface area contributed by atoms with Gasteiger partial charge in [-0.05, 0) is 12.8 Å². The number of halogens is 1. The summed E-state index contributed by atoms with van der Waals surface area (Å²) in [6.07, 6.45) is 7.73. The second-order valence-electron chi connectivity index (χ2n) is 4.46. The third-order valence-electron chi connectivity index (χ3n) is 2.88. The van der Waals surface area contributed by atoms with Crippen molar-refractivity contribution in [2.45, 2.75) is 46.0 Å². The van der Waals surface area contributed by atoms with Crippen molar-refractivity contribution in [1.29, 1.82) is 0 Å². The van der Waals surface area contributed by atoms with E-state index in [9.17, 15) is 0 Å². The molecule has 6 heteroatoms. The van der Waals surface area contributed by atoms with Gasteiger partial charge < -0.3 is 10.6 Å². The van der Waals surface area contributed by atoms with Gasteiger partial charge in [-0.3, -0.25) is 4.99 Å². The molecule has 0 aromatic carbocycles. The number of thiazole rings is 1. The Balaban J connectivity index is 0.00000361. The van der Waals surface area contributed by atoms with Crippen molar-refractivity contribution in [2.24, 2.45) is 4.99 Å². The van der Waals surface area contributed by atoms with E-state index >= 15 is 0 Å². The minimum atomic E-state index is 0. The van der Waals surface area contributed by atoms with Crippen LogP contribution >= 0.6 is 35.3 Å². The van der Waals surface area contributed by atoms with E-state index in [1.807, 2.05) is 13.2 Å². The van der Waals surface area contributed by atoms with Gasteiger partial charge in [0.25, 0.3) is 0 Å². The average molecular weight is 410 g/mol. The molecular formula is C14H27IN4S. The smallest absolute Gasteiger partial charge is 0.190 e. The van der Waals surface area contributed by atoms with Gasteiger partial charge in [0.1, 0.15) is 0 Å². The minimum Gasteiger partial charge on any atom is -0.356 e. The van der Waals surface area contributed by atoms with Crippen LogP contribution in [-0.2, 0) is 12.8 Å². The van der Waals surface area contributed by atoms with Crippen molar-refractivity contribution in [3.8, 4) is 0 Å². The molecular weight excluding hydrogens is 383 g/mol. The standard InChI is InChI=1S/C14H26N4S.HI/c1-4-6-7-9-16-14(15-3)17-10-8-13-18-11-12(5-2)19-13;/h11H,4-10H2,1-3H3,(H2,15,16,17);1H. The van der Waals surface area contributed by atoms with Gasteiger partial charge in [0, 0.05) is 37.6 Å². The monoisotopic (exact) mass is 410 g/mol. The van der Waals surface area contributed by atoms with Crippen LogP contribution in [0.3, 0.4) is 0 Å². The molecule has 0 unspecified atom stereocenters. The number of hydrogen-bond acceptors (Lipinski definition) is 3. The summed E-state index contributed by atoms with van der Waals surface area (Å²) in [7, 11) is 1.81. The predicted octanol–water partition coefficient (Wildman–Crippen LogP) is 3.22. The maximum absolute atomic E-state index is 4.41. The molecule has 0 saturated carbocycles. The number of hydrogen-bond donors (Lipinski definition) is 2. The Morgan fingerprint density at radius 2 is 2.00 bits per heavy atom. The molecule has 2 N–H and O–H groups in total. The lowest BCUT2D eigenvalue weighted by molar-refractivity contribution is 0.682. The Morgan fingerprint density at radius 3 is 2.60 bits per heavy atom. The van der Waals surface area contributed by atoms with E-state index in [1.165, 1.54) is 29.1 Å². The number of aryl methyl sites for hydroxylation is 1. The number of guanidine groups is 1. The molecule has 1 aromatic heterocycles. The summed E-state index contributed by atoms with van der Waals surface area (Å²) in [5.41, 5.74) is 0. The summed E-state index contributed by atoms with van der Waals surface area (Å²) in [6, 6.07) is 0. The molecule has 0 bridgehead atoms. The van der Waals surface area contributed by atoms with Gasteiger partial charge in [0.05, 0.1) is 5.01 Å². The highest BCUT2D eigenvalue weighted by molar-refractivity contribution is 14.0. The first-order valence-electron chi connectivity index (χ1n) is 7.18. The van der Waals surface area contributed by atoms with Crippen LogP contribution in [0.2, 0.25) is 0 Å². The fourth-order valence-electron chi connectivity index (χ4n) is 1.72. The summed E-state index contributed by atoms with van der Waals surface area (Å²) in [5.74, 6) is 0.892. The van der Waals surface area contributed by atoms with Crippen molar-refractivity contribution in [3.63, 3.8) is 0 Å². The third-order valence-corrected chi connectivity index (χ3v) is 4.08. The first kappa shape index (κ1) is 19.6. The molecule has 0 spiro atoms. The predicted molar refractivity (Wildman–Crippen MR) is 99.5 cm³/mol. The molecule has 0 fully saturated rings. The lowest BCUT2D eigenvalue weighted by atomic mass is 10.2. The number of unbranched alkanes of at least 4 members (excludes halogenated alkanes) is 2. The number of nitrogens with zero attached hydrogens (tertiary/aromatic N) is 2. The third kappa shape index (κ3) is 8.04. The fourth-order valence-corrected chi connectivity index (χ4v) is 2.58. The van der Waals surface area contributed by atoms with Gasteiger partial charge in [-0.1, -0.05) is 26.7 Å². The van der Waals surface area contributed by atoms with Crippen LogP contribution in [0.25, 0.3) is 0 Å². The highest BCUT2D eigenvalue weighted by Crippen LogP contribution is 2.13. The van der Waals surface area contributed by atoms with Crippen molar-refractivity contribution >= 4 is 41.3 Å². The molecule has 1 rings (SSSR count). The number of nitrogens with one attached hydrogen (secondary N) is 2. The summed E-state index contributed by atoms with van der Waals surface area (Å²) in [4.78, 5) is 9.99. The van der Waals surface area contributed by atoms with E-state index in [4.69, 9.17) is 0 Å². The fraction of sp³-hybridized carbons (Fsp3) is 0.714. The highest BCUT2D eigenvalue weighted by Gasteiger charge is 2.01. The normalized spacial score (nSPS) is 11.1. The van der Waals surface area contributed by atoms with Gasteiger partial charge in [-0.15, -0.1) is 35.3 Å². The van der Waals surface area contributed by atoms with Gasteiger partial charge in [-0.25, -0.2) is 4.98 Å². The van der Waals surface area contributed by atoms with Crippen LogP contribution in [0.5, 0.6) is 0 Å². The number of aromatic nitrogens is 1. The van der Waals surface area contributed by atoms with Crippen LogP contribution in [0, 0.1) is 0 Å². The van der Waals surface area contributed by atoms with Gasteiger partial charge in [0.2, 0.25) is 0 Å². The van der Waals surface area contributed by atoms with E-state index in [0.717, 1.165) is 31.9 Å². The molecule has 1 heterocycles. The molecule has 0 aliphatic rings. The lowest BCUT2D eigenvalue weighted by Crippen LogP contribution is -2.38. The Hall–Kier alpha value is -0.370. The van der Waals surface area contributed by atoms with Crippen molar-refractivity contribution in [1.82, 2.24) is 15.6 Å². The topological polar surface area (TPSA) is 49.3 Å². The summed E-state index contributed by atoms with van der Waals surface area (Å²) < 4.78 is 0. The largest absolute Gasteiger partial charge is 0.356 e. The highest BCUT2D eigenvalue weighted by atomic mass is 127. The SMILES string of the molecule is CCCCCNC(=NC)NCCc1ncc(CC)s1.I. The zero-order chi connectivity index (χ0) is 13.9. The van der Waals surface area contributed by atoms with E-state index in [1.54, 1.807) is 11.3 Å². The van der Waals surface area contributed by atoms with Gasteiger partial charge in [-0.2, -0.15) is 0 Å². The lowest BCUT2D eigenvalue weighted by Gasteiger charge is -2.10.